The fraction of sp³-hybridized carbons (Fsp3) is 0.875. The van der Waals surface area contributed by atoms with E-state index in [1.165, 1.54) is 236 Å². The van der Waals surface area contributed by atoms with Crippen LogP contribution in [0.25, 0.3) is 11.0 Å². The fourth-order valence-corrected chi connectivity index (χ4v) is 11.0. The van der Waals surface area contributed by atoms with E-state index in [4.69, 9.17) is 18.9 Å². The van der Waals surface area contributed by atoms with Crippen molar-refractivity contribution in [1.82, 2.24) is 19.7 Å². The summed E-state index contributed by atoms with van der Waals surface area (Å²) in [6.07, 6.45) is 54.7. The molecule has 1 aliphatic rings. The number of rotatable bonds is 53. The lowest BCUT2D eigenvalue weighted by molar-refractivity contribution is -0.169. The van der Waals surface area contributed by atoms with Crippen LogP contribution in [0.4, 0.5) is 0 Å². The summed E-state index contributed by atoms with van der Waals surface area (Å²) in [5, 5.41) is 4.72. The van der Waals surface area contributed by atoms with E-state index in [0.717, 1.165) is 57.8 Å². The van der Waals surface area contributed by atoms with Crippen molar-refractivity contribution in [2.45, 2.75) is 354 Å². The van der Waals surface area contributed by atoms with Crippen LogP contribution in [0.2, 0.25) is 0 Å². The first kappa shape index (κ1) is 67.0. The van der Waals surface area contributed by atoms with Crippen molar-refractivity contribution in [2.75, 3.05) is 6.61 Å². The van der Waals surface area contributed by atoms with Gasteiger partial charge in [-0.1, -0.05) is 290 Å². The Morgan fingerprint density at radius 2 is 0.776 bits per heavy atom. The Labute approximate surface area is 463 Å². The van der Waals surface area contributed by atoms with Gasteiger partial charge in [0.25, 0.3) is 5.56 Å². The highest BCUT2D eigenvalue weighted by Gasteiger charge is 2.52. The van der Waals surface area contributed by atoms with E-state index in [1.807, 2.05) is 0 Å². The van der Waals surface area contributed by atoms with Gasteiger partial charge in [0.1, 0.15) is 18.1 Å². The number of hydrogen-bond donors (Lipinski definition) is 1. The maximum atomic E-state index is 13.7. The molecule has 0 saturated carbocycles. The van der Waals surface area contributed by atoms with Crippen LogP contribution in [-0.4, -0.2) is 62.6 Å². The van der Waals surface area contributed by atoms with Gasteiger partial charge in [-0.05, 0) is 19.3 Å². The summed E-state index contributed by atoms with van der Waals surface area (Å²) in [5.74, 6) is -1.18. The normalized spacial score (nSPS) is 16.5. The number of nitrogens with zero attached hydrogens (tertiary/aromatic N) is 3. The van der Waals surface area contributed by atoms with E-state index in [9.17, 15) is 19.2 Å². The second-order valence-electron chi connectivity index (χ2n) is 22.8. The summed E-state index contributed by atoms with van der Waals surface area (Å²) in [6, 6.07) is 0. The molecule has 438 valence electrons. The van der Waals surface area contributed by atoms with Gasteiger partial charge in [-0.15, -0.1) is 0 Å². The van der Waals surface area contributed by atoms with Crippen molar-refractivity contribution in [3.05, 3.63) is 22.9 Å². The Kier molecular flexibility index (Phi) is 41.1. The molecule has 0 aromatic carbocycles. The average molecular weight is 1070 g/mol. The maximum Gasteiger partial charge on any atom is 0.306 e. The van der Waals surface area contributed by atoms with Crippen molar-refractivity contribution in [3.8, 4) is 0 Å². The molecule has 0 aliphatic carbocycles. The zero-order chi connectivity index (χ0) is 54.4. The molecule has 1 N–H and O–H groups in total. The van der Waals surface area contributed by atoms with Gasteiger partial charge in [-0.2, -0.15) is 5.10 Å². The van der Waals surface area contributed by atoms with Gasteiger partial charge < -0.3 is 23.9 Å². The molecule has 3 heterocycles. The summed E-state index contributed by atoms with van der Waals surface area (Å²) < 4.78 is 26.2. The second kappa shape index (κ2) is 46.6. The minimum atomic E-state index is -1.11. The lowest BCUT2D eigenvalue weighted by Crippen LogP contribution is -2.41. The number of esters is 3. The van der Waals surface area contributed by atoms with Crippen LogP contribution in [0, 0.1) is 0 Å². The fourth-order valence-electron chi connectivity index (χ4n) is 11.0. The smallest absolute Gasteiger partial charge is 0.306 e. The van der Waals surface area contributed by atoms with Gasteiger partial charge in [-0.3, -0.25) is 19.2 Å². The number of unbranched alkanes of at least 4 members (excludes halogenated alkanes) is 42. The van der Waals surface area contributed by atoms with Gasteiger partial charge in [0.2, 0.25) is 0 Å². The number of aromatic amines is 1. The summed E-state index contributed by atoms with van der Waals surface area (Å²) >= 11 is 0. The molecule has 1 aliphatic heterocycles. The van der Waals surface area contributed by atoms with Gasteiger partial charge in [-0.25, -0.2) is 9.67 Å². The molecule has 12 heteroatoms. The molecule has 2 aromatic rings. The van der Waals surface area contributed by atoms with E-state index >= 15 is 0 Å². The van der Waals surface area contributed by atoms with Crippen LogP contribution >= 0.6 is 0 Å². The highest BCUT2D eigenvalue weighted by molar-refractivity contribution is 5.73. The SMILES string of the molecule is CCCCCCCCCCCCCCCCCC(=O)OC[C@H]1O[C@@H](n2ncc3c(=O)[nH]cnc32)[C@H](OC(=O)CCCCCCCCCCCCCCCCC)[C@@H]1OC(=O)CCCCCCCCCCCCCCCCC. The molecule has 0 radical (unpaired) electrons. The first-order valence-corrected chi connectivity index (χ1v) is 32.5. The largest absolute Gasteiger partial charge is 0.463 e. The van der Waals surface area contributed by atoms with E-state index in [0.29, 0.717) is 12.8 Å². The van der Waals surface area contributed by atoms with Crippen molar-refractivity contribution in [3.63, 3.8) is 0 Å². The zero-order valence-electron chi connectivity index (χ0n) is 49.2. The van der Waals surface area contributed by atoms with Gasteiger partial charge >= 0.3 is 17.9 Å². The molecule has 1 fully saturated rings. The topological polar surface area (TPSA) is 152 Å². The summed E-state index contributed by atoms with van der Waals surface area (Å²) in [5.41, 5.74) is -0.127. The standard InChI is InChI=1S/C64H114N4O8/c1-4-7-10-13-16-19-22-25-28-31-34-37-40-43-46-49-57(69)73-53-56-60(75-58(70)50-47-44-41-38-35-32-29-26-23-20-17-14-11-8-5-2)61(64(74-56)68-62-55(52-67-68)63(72)66-54-65-62)76-59(71)51-48-45-42-39-36-33-30-27-24-21-18-15-12-9-6-3/h52,54,56,60-61,64H,4-51,53H2,1-3H3,(H,65,66,72)/t56-,60-,61-,64-/m1/s1. The molecule has 0 amide bonds. The summed E-state index contributed by atoms with van der Waals surface area (Å²) in [7, 11) is 0. The molecule has 3 rings (SSSR count). The van der Waals surface area contributed by atoms with Crippen LogP contribution in [0.5, 0.6) is 0 Å². The van der Waals surface area contributed by atoms with Crippen molar-refractivity contribution in [2.24, 2.45) is 0 Å². The molecule has 4 atom stereocenters. The minimum Gasteiger partial charge on any atom is -0.463 e. The third-order valence-electron chi connectivity index (χ3n) is 15.8. The third kappa shape index (κ3) is 32.0. The van der Waals surface area contributed by atoms with Crippen LogP contribution in [0.15, 0.2) is 17.3 Å². The Morgan fingerprint density at radius 3 is 1.13 bits per heavy atom. The molecule has 76 heavy (non-hydrogen) atoms. The Balaban J connectivity index is 1.52. The Hall–Kier alpha value is -3.28. The van der Waals surface area contributed by atoms with E-state index in [1.54, 1.807) is 0 Å². The predicted octanol–water partition coefficient (Wildman–Crippen LogP) is 18.2. The van der Waals surface area contributed by atoms with Crippen LogP contribution in [0.1, 0.15) is 335 Å². The number of hydrogen-bond acceptors (Lipinski definition) is 10. The average Bonchev–Trinajstić information content (AvgIpc) is 4.02. The number of aromatic nitrogens is 4. The van der Waals surface area contributed by atoms with Crippen molar-refractivity contribution in [1.29, 1.82) is 0 Å². The molecule has 0 bridgehead atoms. The number of fused-ring (bicyclic) bond motifs is 1. The third-order valence-corrected chi connectivity index (χ3v) is 15.8. The summed E-state index contributed by atoms with van der Waals surface area (Å²) in [6.45, 7) is 6.61. The summed E-state index contributed by atoms with van der Waals surface area (Å²) in [4.78, 5) is 60.3. The molecular formula is C64H114N4O8. The predicted molar refractivity (Wildman–Crippen MR) is 311 cm³/mol. The lowest BCUT2D eigenvalue weighted by atomic mass is 10.0. The first-order chi connectivity index (χ1) is 37.4. The number of nitrogens with one attached hydrogen (secondary N) is 1. The Bertz CT molecular complexity index is 1760. The Morgan fingerprint density at radius 1 is 0.461 bits per heavy atom. The number of H-pyrrole nitrogens is 1. The minimum absolute atomic E-state index is 0.189. The van der Waals surface area contributed by atoms with Crippen molar-refractivity contribution < 1.29 is 33.3 Å². The molecular weight excluding hydrogens is 953 g/mol. The molecule has 0 spiro atoms. The quantitative estimate of drug-likeness (QED) is 0.0385. The molecule has 1 saturated heterocycles. The van der Waals surface area contributed by atoms with Gasteiger partial charge in [0.05, 0.1) is 12.5 Å². The molecule has 12 nitrogen and oxygen atoms in total. The lowest BCUT2D eigenvalue weighted by Gasteiger charge is -2.24. The second-order valence-corrected chi connectivity index (χ2v) is 22.8. The van der Waals surface area contributed by atoms with Gasteiger partial charge in [0.15, 0.2) is 24.1 Å². The van der Waals surface area contributed by atoms with E-state index < -0.39 is 36.5 Å². The van der Waals surface area contributed by atoms with Crippen LogP contribution in [0.3, 0.4) is 0 Å². The monoisotopic (exact) mass is 1070 g/mol. The first-order valence-electron chi connectivity index (χ1n) is 32.5. The zero-order valence-corrected chi connectivity index (χ0v) is 49.2. The number of carbonyl (C=O) groups is 3. The van der Waals surface area contributed by atoms with E-state index in [2.05, 4.69) is 35.8 Å². The van der Waals surface area contributed by atoms with Crippen molar-refractivity contribution >= 4 is 28.9 Å². The number of carbonyl (C=O) groups excluding carboxylic acids is 3. The van der Waals surface area contributed by atoms with E-state index in [-0.39, 0.29) is 48.4 Å². The van der Waals surface area contributed by atoms with Crippen LogP contribution < -0.4 is 5.56 Å². The number of ether oxygens (including phenoxy) is 4. The van der Waals surface area contributed by atoms with Gasteiger partial charge in [0, 0.05) is 19.3 Å². The highest BCUT2D eigenvalue weighted by Crippen LogP contribution is 2.36. The molecule has 2 aromatic heterocycles. The van der Waals surface area contributed by atoms with Crippen LogP contribution in [-0.2, 0) is 33.3 Å². The maximum absolute atomic E-state index is 13.7. The molecule has 0 unspecified atom stereocenters. The highest BCUT2D eigenvalue weighted by atomic mass is 16.7.